The zero-order chi connectivity index (χ0) is 8.81. The van der Waals surface area contributed by atoms with E-state index in [4.69, 9.17) is 10.6 Å². The summed E-state index contributed by atoms with van der Waals surface area (Å²) in [6.45, 7) is 0.323. The molecule has 0 saturated carbocycles. The van der Waals surface area contributed by atoms with E-state index >= 15 is 0 Å². The number of halogens is 1. The van der Waals surface area contributed by atoms with Crippen molar-refractivity contribution >= 4 is 18.4 Å². The zero-order valence-electron chi connectivity index (χ0n) is 6.90. The second kappa shape index (κ2) is 6.28. The lowest BCUT2D eigenvalue weighted by molar-refractivity contribution is 0.0521. The standard InChI is InChI=1S/C8H10N2O2.ClH/c9-8(11)10-12-6-7-4-2-1-3-5-7;/h1-5H,6H2,(H3,9,10,11);1H. The molecule has 0 saturated heterocycles. The second-order valence-corrected chi connectivity index (χ2v) is 2.24. The highest BCUT2D eigenvalue weighted by Gasteiger charge is 1.92. The summed E-state index contributed by atoms with van der Waals surface area (Å²) in [5.41, 5.74) is 7.79. The van der Waals surface area contributed by atoms with Crippen molar-refractivity contribution in [2.24, 2.45) is 5.73 Å². The lowest BCUT2D eigenvalue weighted by atomic mass is 10.2. The molecule has 2 amide bonds. The average molecular weight is 203 g/mol. The van der Waals surface area contributed by atoms with Crippen LogP contribution in [-0.2, 0) is 11.4 Å². The number of nitrogens with two attached hydrogens (primary N) is 1. The Hall–Kier alpha value is -1.26. The van der Waals surface area contributed by atoms with Crippen LogP contribution in [0, 0.1) is 0 Å². The number of carbonyl (C=O) groups is 1. The van der Waals surface area contributed by atoms with Crippen molar-refractivity contribution in [2.45, 2.75) is 6.61 Å². The molecule has 0 unspecified atom stereocenters. The molecule has 1 aromatic carbocycles. The minimum atomic E-state index is -0.689. The van der Waals surface area contributed by atoms with Crippen molar-refractivity contribution in [2.75, 3.05) is 0 Å². The summed E-state index contributed by atoms with van der Waals surface area (Å²) in [5.74, 6) is 0. The number of benzene rings is 1. The van der Waals surface area contributed by atoms with Crippen LogP contribution in [0.2, 0.25) is 0 Å². The van der Waals surface area contributed by atoms with Crippen LogP contribution in [0.15, 0.2) is 30.3 Å². The van der Waals surface area contributed by atoms with Gasteiger partial charge >= 0.3 is 6.03 Å². The third kappa shape index (κ3) is 5.05. The predicted octanol–water partition coefficient (Wildman–Crippen LogP) is 1.21. The molecule has 0 bridgehead atoms. The van der Waals surface area contributed by atoms with Crippen LogP contribution in [0.3, 0.4) is 0 Å². The summed E-state index contributed by atoms with van der Waals surface area (Å²) in [6, 6.07) is 8.79. The fourth-order valence-electron chi connectivity index (χ4n) is 0.765. The van der Waals surface area contributed by atoms with Crippen molar-refractivity contribution in [3.05, 3.63) is 35.9 Å². The summed E-state index contributed by atoms with van der Waals surface area (Å²) in [7, 11) is 0. The Morgan fingerprint density at radius 2 is 2.00 bits per heavy atom. The van der Waals surface area contributed by atoms with Crippen LogP contribution in [0.1, 0.15) is 5.56 Å². The van der Waals surface area contributed by atoms with Crippen LogP contribution in [0.25, 0.3) is 0 Å². The van der Waals surface area contributed by atoms with Crippen LogP contribution in [0.5, 0.6) is 0 Å². The van der Waals surface area contributed by atoms with Gasteiger partial charge < -0.3 is 5.73 Å². The van der Waals surface area contributed by atoms with Crippen molar-refractivity contribution in [1.29, 1.82) is 0 Å². The first-order chi connectivity index (χ1) is 5.79. The number of hydrogen-bond donors (Lipinski definition) is 2. The maximum Gasteiger partial charge on any atom is 0.336 e. The Morgan fingerprint density at radius 1 is 1.38 bits per heavy atom. The van der Waals surface area contributed by atoms with E-state index in [0.717, 1.165) is 5.56 Å². The first kappa shape index (κ1) is 11.7. The quantitative estimate of drug-likeness (QED) is 0.724. The molecular formula is C8H11ClN2O2. The van der Waals surface area contributed by atoms with Crippen LogP contribution < -0.4 is 11.2 Å². The first-order valence-electron chi connectivity index (χ1n) is 3.50. The highest BCUT2D eigenvalue weighted by Crippen LogP contribution is 1.98. The van der Waals surface area contributed by atoms with Gasteiger partial charge in [-0.2, -0.15) is 0 Å². The molecule has 1 aromatic rings. The molecule has 0 atom stereocenters. The SMILES string of the molecule is Cl.NC(=O)NOCc1ccccc1. The average Bonchev–Trinajstić information content (AvgIpc) is 2.05. The van der Waals surface area contributed by atoms with E-state index in [1.807, 2.05) is 35.8 Å². The molecule has 0 aliphatic heterocycles. The third-order valence-electron chi connectivity index (χ3n) is 1.25. The van der Waals surface area contributed by atoms with Crippen molar-refractivity contribution in [3.8, 4) is 0 Å². The number of carbonyl (C=O) groups excluding carboxylic acids is 1. The lowest BCUT2D eigenvalue weighted by Crippen LogP contribution is -2.29. The smallest absolute Gasteiger partial charge is 0.336 e. The largest absolute Gasteiger partial charge is 0.350 e. The zero-order valence-corrected chi connectivity index (χ0v) is 7.71. The van der Waals surface area contributed by atoms with Gasteiger partial charge in [0.2, 0.25) is 0 Å². The molecule has 3 N–H and O–H groups in total. The molecule has 0 aromatic heterocycles. The highest BCUT2D eigenvalue weighted by molar-refractivity contribution is 5.85. The van der Waals surface area contributed by atoms with Gasteiger partial charge in [-0.15, -0.1) is 12.4 Å². The Morgan fingerprint density at radius 3 is 2.54 bits per heavy atom. The van der Waals surface area contributed by atoms with Gasteiger partial charge in [0.15, 0.2) is 0 Å². The molecule has 13 heavy (non-hydrogen) atoms. The third-order valence-corrected chi connectivity index (χ3v) is 1.25. The van der Waals surface area contributed by atoms with Crippen molar-refractivity contribution in [1.82, 2.24) is 5.48 Å². The van der Waals surface area contributed by atoms with Gasteiger partial charge in [-0.25, -0.2) is 10.3 Å². The number of hydrogen-bond acceptors (Lipinski definition) is 2. The van der Waals surface area contributed by atoms with Gasteiger partial charge in [0, 0.05) is 0 Å². The highest BCUT2D eigenvalue weighted by atomic mass is 35.5. The molecular weight excluding hydrogens is 192 g/mol. The predicted molar refractivity (Wildman–Crippen MR) is 51.2 cm³/mol. The molecule has 0 aliphatic carbocycles. The summed E-state index contributed by atoms with van der Waals surface area (Å²) in [4.78, 5) is 14.9. The van der Waals surface area contributed by atoms with Gasteiger partial charge in [0.1, 0.15) is 0 Å². The van der Waals surface area contributed by atoms with Crippen LogP contribution in [-0.4, -0.2) is 6.03 Å². The van der Waals surface area contributed by atoms with Crippen LogP contribution in [0.4, 0.5) is 4.79 Å². The fourth-order valence-corrected chi connectivity index (χ4v) is 0.765. The van der Waals surface area contributed by atoms with Gasteiger partial charge in [-0.3, -0.25) is 4.84 Å². The molecule has 0 fully saturated rings. The summed E-state index contributed by atoms with van der Waals surface area (Å²) in [6.07, 6.45) is 0. The van der Waals surface area contributed by atoms with E-state index in [2.05, 4.69) is 0 Å². The normalized spacial score (nSPS) is 8.62. The second-order valence-electron chi connectivity index (χ2n) is 2.24. The monoisotopic (exact) mass is 202 g/mol. The number of nitrogens with one attached hydrogen (secondary N) is 1. The van der Waals surface area contributed by atoms with E-state index in [9.17, 15) is 4.79 Å². The molecule has 0 spiro atoms. The van der Waals surface area contributed by atoms with Crippen molar-refractivity contribution in [3.63, 3.8) is 0 Å². The number of hydroxylamine groups is 1. The molecule has 4 nitrogen and oxygen atoms in total. The minimum absolute atomic E-state index is 0. The Labute approximate surface area is 82.4 Å². The first-order valence-corrected chi connectivity index (χ1v) is 3.50. The minimum Gasteiger partial charge on any atom is -0.350 e. The molecule has 0 aliphatic rings. The maximum atomic E-state index is 10.2. The lowest BCUT2D eigenvalue weighted by Gasteiger charge is -2.01. The molecule has 0 heterocycles. The summed E-state index contributed by atoms with van der Waals surface area (Å²) >= 11 is 0. The van der Waals surface area contributed by atoms with E-state index in [1.165, 1.54) is 0 Å². The Balaban J connectivity index is 0.00000144. The van der Waals surface area contributed by atoms with E-state index in [-0.39, 0.29) is 12.4 Å². The fraction of sp³-hybridized carbons (Fsp3) is 0.125. The van der Waals surface area contributed by atoms with E-state index in [0.29, 0.717) is 6.61 Å². The number of urea groups is 1. The number of primary amides is 1. The number of rotatable bonds is 3. The van der Waals surface area contributed by atoms with Gasteiger partial charge in [-0.05, 0) is 5.56 Å². The van der Waals surface area contributed by atoms with Crippen LogP contribution >= 0.6 is 12.4 Å². The maximum absolute atomic E-state index is 10.2. The van der Waals surface area contributed by atoms with E-state index in [1.54, 1.807) is 0 Å². The summed E-state index contributed by atoms with van der Waals surface area (Å²) < 4.78 is 0. The number of amides is 2. The van der Waals surface area contributed by atoms with Crippen molar-refractivity contribution < 1.29 is 9.63 Å². The van der Waals surface area contributed by atoms with E-state index < -0.39 is 6.03 Å². The van der Waals surface area contributed by atoms with Gasteiger partial charge in [0.25, 0.3) is 0 Å². The molecule has 1 rings (SSSR count). The molecule has 0 radical (unpaired) electrons. The topological polar surface area (TPSA) is 64.4 Å². The van der Waals surface area contributed by atoms with Gasteiger partial charge in [0.05, 0.1) is 6.61 Å². The van der Waals surface area contributed by atoms with Gasteiger partial charge in [-0.1, -0.05) is 30.3 Å². The molecule has 72 valence electrons. The molecule has 5 heteroatoms. The Kier molecular flexibility index (Phi) is 5.67. The summed E-state index contributed by atoms with van der Waals surface area (Å²) in [5, 5.41) is 0. The Bertz CT molecular complexity index is 254.